The average Bonchev–Trinajstić information content (AvgIpc) is 3.67. The molecule has 3 aliphatic rings. The molecule has 46 heavy (non-hydrogen) atoms. The molecular formula is C34H50N4O8. The molecule has 1 spiro atoms. The van der Waals surface area contributed by atoms with Crippen molar-refractivity contribution in [1.82, 2.24) is 20.1 Å². The first-order chi connectivity index (χ1) is 21.8. The number of aliphatic hydroxyl groups is 1. The van der Waals surface area contributed by atoms with Crippen LogP contribution in [0.15, 0.2) is 24.4 Å². The van der Waals surface area contributed by atoms with Crippen molar-refractivity contribution in [1.29, 1.82) is 0 Å². The van der Waals surface area contributed by atoms with Crippen LogP contribution in [0.2, 0.25) is 0 Å². The summed E-state index contributed by atoms with van der Waals surface area (Å²) in [4.78, 5) is 46.2. The number of hydrogen-bond acceptors (Lipinski definition) is 9. The molecule has 3 saturated heterocycles. The van der Waals surface area contributed by atoms with Gasteiger partial charge >= 0.3 is 12.1 Å². The van der Waals surface area contributed by atoms with Gasteiger partial charge in [-0.2, -0.15) is 0 Å². The fraction of sp³-hybridized carbons (Fsp3) is 0.676. The Hall–Kier alpha value is -3.19. The Morgan fingerprint density at radius 3 is 2.78 bits per heavy atom. The molecule has 2 aromatic rings. The molecule has 12 heteroatoms. The van der Waals surface area contributed by atoms with Crippen LogP contribution in [0, 0.1) is 6.92 Å². The number of amides is 2. The lowest BCUT2D eigenvalue weighted by molar-refractivity contribution is -0.194. The first kappa shape index (κ1) is 34.2. The molecule has 0 bridgehead atoms. The van der Waals surface area contributed by atoms with Crippen LogP contribution >= 0.6 is 0 Å². The molecule has 1 aromatic carbocycles. The summed E-state index contributed by atoms with van der Waals surface area (Å²) in [6, 6.07) is 5.58. The van der Waals surface area contributed by atoms with Gasteiger partial charge in [0.25, 0.3) is 5.91 Å². The van der Waals surface area contributed by atoms with Gasteiger partial charge in [-0.25, -0.2) is 9.59 Å². The van der Waals surface area contributed by atoms with E-state index in [0.29, 0.717) is 64.2 Å². The lowest BCUT2D eigenvalue weighted by Crippen LogP contribution is -2.60. The van der Waals surface area contributed by atoms with Gasteiger partial charge in [-0.3, -0.25) is 9.69 Å². The van der Waals surface area contributed by atoms with Crippen molar-refractivity contribution in [2.24, 2.45) is 0 Å². The first-order valence-electron chi connectivity index (χ1n) is 16.4. The number of carbonyl (C=O) groups excluding carboxylic acids is 3. The number of esters is 1. The number of rotatable bonds is 9. The number of aromatic nitrogens is 1. The number of hydrogen-bond donors (Lipinski definition) is 3. The molecule has 0 aliphatic carbocycles. The number of nitrogens with one attached hydrogen (secondary N) is 2. The summed E-state index contributed by atoms with van der Waals surface area (Å²) in [6.07, 6.45) is 3.70. The molecule has 12 nitrogen and oxygen atoms in total. The maximum atomic E-state index is 13.3. The van der Waals surface area contributed by atoms with E-state index in [1.165, 1.54) is 7.11 Å². The van der Waals surface area contributed by atoms with Gasteiger partial charge in [-0.1, -0.05) is 0 Å². The number of benzene rings is 1. The van der Waals surface area contributed by atoms with Crippen LogP contribution < -0.4 is 5.32 Å². The van der Waals surface area contributed by atoms with Gasteiger partial charge in [-0.15, -0.1) is 0 Å². The van der Waals surface area contributed by atoms with E-state index in [2.05, 4.69) is 15.2 Å². The van der Waals surface area contributed by atoms with Crippen LogP contribution in [-0.4, -0.2) is 120 Å². The zero-order chi connectivity index (χ0) is 33.1. The smallest absolute Gasteiger partial charge is 0.410 e. The van der Waals surface area contributed by atoms with Gasteiger partial charge < -0.3 is 39.3 Å². The van der Waals surface area contributed by atoms with E-state index >= 15 is 0 Å². The van der Waals surface area contributed by atoms with E-state index in [9.17, 15) is 19.5 Å². The minimum Gasteiger partial charge on any atom is -0.467 e. The summed E-state index contributed by atoms with van der Waals surface area (Å²) in [7, 11) is 1.37. The number of H-pyrrole nitrogens is 1. The van der Waals surface area contributed by atoms with Crippen LogP contribution in [0.5, 0.6) is 0 Å². The number of aliphatic hydroxyl groups excluding tert-OH is 1. The van der Waals surface area contributed by atoms with Crippen molar-refractivity contribution >= 4 is 28.9 Å². The highest BCUT2D eigenvalue weighted by Gasteiger charge is 2.50. The van der Waals surface area contributed by atoms with E-state index < -0.39 is 23.3 Å². The molecule has 2 amide bonds. The van der Waals surface area contributed by atoms with Crippen LogP contribution in [0.4, 0.5) is 4.79 Å². The Balaban J connectivity index is 1.18. The zero-order valence-electron chi connectivity index (χ0n) is 27.9. The molecule has 1 aromatic heterocycles. The molecule has 254 valence electrons. The van der Waals surface area contributed by atoms with Gasteiger partial charge in [0, 0.05) is 61.8 Å². The fourth-order valence-corrected chi connectivity index (χ4v) is 7.17. The SMILES string of the molecule is COC(=O)[C@@]1(CCN2CCOC[C@@]23CCN(C(=O)OC(C)(C)C)C3)CCC[C@H](C[C@H](O)CNC(=O)c2cc(C)c3[nH]ccc3c2)O1. The van der Waals surface area contributed by atoms with Crippen LogP contribution in [0.25, 0.3) is 10.9 Å². The maximum absolute atomic E-state index is 13.3. The van der Waals surface area contributed by atoms with E-state index in [-0.39, 0.29) is 36.6 Å². The number of morpholine rings is 1. The molecule has 0 radical (unpaired) electrons. The van der Waals surface area contributed by atoms with E-state index in [1.54, 1.807) is 4.90 Å². The topological polar surface area (TPSA) is 143 Å². The number of methoxy groups -OCH3 is 1. The van der Waals surface area contributed by atoms with Crippen molar-refractivity contribution in [2.45, 2.75) is 95.2 Å². The summed E-state index contributed by atoms with van der Waals surface area (Å²) in [5.41, 5.74) is 0.418. The molecule has 0 saturated carbocycles. The van der Waals surface area contributed by atoms with Crippen molar-refractivity contribution in [2.75, 3.05) is 53.0 Å². The minimum absolute atomic E-state index is 0.0680. The Morgan fingerprint density at radius 1 is 1.22 bits per heavy atom. The quantitative estimate of drug-likeness (QED) is 0.350. The van der Waals surface area contributed by atoms with Crippen LogP contribution in [0.3, 0.4) is 0 Å². The number of aryl methyl sites for hydroxylation is 1. The average molecular weight is 643 g/mol. The highest BCUT2D eigenvalue weighted by Crippen LogP contribution is 2.37. The Morgan fingerprint density at radius 2 is 2.02 bits per heavy atom. The third-order valence-corrected chi connectivity index (χ3v) is 9.52. The summed E-state index contributed by atoms with van der Waals surface area (Å²) in [5.74, 6) is -0.671. The molecular weight excluding hydrogens is 592 g/mol. The largest absolute Gasteiger partial charge is 0.467 e. The number of nitrogens with zero attached hydrogens (tertiary/aromatic N) is 2. The number of ether oxygens (including phenoxy) is 4. The molecule has 3 aliphatic heterocycles. The standard InChI is InChI=1S/C34H50N4O8/c1-23-17-25(18-24-8-12-35-28(23)24)29(40)36-20-26(39)19-27-7-6-9-34(45-27,30(41)43-5)11-14-38-15-16-44-22-33(38)10-13-37(21-33)31(42)46-32(2,3)4/h8,12,17-18,26-27,35,39H,6-7,9-11,13-16,19-22H2,1-5H3,(H,36,40)/t26-,27+,33-,34-/m0/s1. The zero-order valence-corrected chi connectivity index (χ0v) is 27.9. The molecule has 4 atom stereocenters. The predicted octanol–water partition coefficient (Wildman–Crippen LogP) is 3.54. The van der Waals surface area contributed by atoms with E-state index in [4.69, 9.17) is 18.9 Å². The lowest BCUT2D eigenvalue weighted by Gasteiger charge is -2.46. The number of fused-ring (bicyclic) bond motifs is 1. The molecule has 0 unspecified atom stereocenters. The molecule has 3 fully saturated rings. The van der Waals surface area contributed by atoms with Crippen molar-refractivity contribution in [3.05, 3.63) is 35.5 Å². The minimum atomic E-state index is -1.15. The highest BCUT2D eigenvalue weighted by atomic mass is 16.6. The first-order valence-corrected chi connectivity index (χ1v) is 16.4. The van der Waals surface area contributed by atoms with E-state index in [0.717, 1.165) is 29.3 Å². The summed E-state index contributed by atoms with van der Waals surface area (Å²) >= 11 is 0. The molecule has 5 rings (SSSR count). The van der Waals surface area contributed by atoms with Crippen molar-refractivity contribution in [3.8, 4) is 0 Å². The lowest BCUT2D eigenvalue weighted by atomic mass is 9.86. The fourth-order valence-electron chi connectivity index (χ4n) is 7.17. The molecule has 4 heterocycles. The van der Waals surface area contributed by atoms with Crippen LogP contribution in [0.1, 0.15) is 75.2 Å². The van der Waals surface area contributed by atoms with Crippen LogP contribution in [-0.2, 0) is 23.7 Å². The highest BCUT2D eigenvalue weighted by molar-refractivity contribution is 5.99. The van der Waals surface area contributed by atoms with Gasteiger partial charge in [0.2, 0.25) is 0 Å². The second kappa shape index (κ2) is 13.9. The Kier molecular flexibility index (Phi) is 10.3. The summed E-state index contributed by atoms with van der Waals surface area (Å²) < 4.78 is 23.3. The van der Waals surface area contributed by atoms with Crippen molar-refractivity contribution < 1.29 is 38.4 Å². The maximum Gasteiger partial charge on any atom is 0.410 e. The number of aromatic amines is 1. The molecule has 3 N–H and O–H groups in total. The monoisotopic (exact) mass is 642 g/mol. The number of likely N-dealkylation sites (tertiary alicyclic amines) is 1. The third-order valence-electron chi connectivity index (χ3n) is 9.52. The second-order valence-corrected chi connectivity index (χ2v) is 14.1. The van der Waals surface area contributed by atoms with Gasteiger partial charge in [-0.05, 0) is 83.6 Å². The summed E-state index contributed by atoms with van der Waals surface area (Å²) in [5, 5.41) is 14.7. The van der Waals surface area contributed by atoms with E-state index in [1.807, 2.05) is 52.1 Å². The predicted molar refractivity (Wildman–Crippen MR) is 172 cm³/mol. The second-order valence-electron chi connectivity index (χ2n) is 14.1. The summed E-state index contributed by atoms with van der Waals surface area (Å²) in [6.45, 7) is 11.0. The third kappa shape index (κ3) is 7.67. The van der Waals surface area contributed by atoms with Gasteiger partial charge in [0.15, 0.2) is 5.60 Å². The number of carbonyl (C=O) groups is 3. The van der Waals surface area contributed by atoms with Gasteiger partial charge in [0.05, 0.1) is 38.1 Å². The Labute approximate surface area is 271 Å². The normalized spacial score (nSPS) is 26.3. The Bertz CT molecular complexity index is 1410. The van der Waals surface area contributed by atoms with Crippen molar-refractivity contribution in [3.63, 3.8) is 0 Å². The van der Waals surface area contributed by atoms with Gasteiger partial charge in [0.1, 0.15) is 5.60 Å².